The summed E-state index contributed by atoms with van der Waals surface area (Å²) in [6.45, 7) is 1.90. The van der Waals surface area contributed by atoms with Crippen LogP contribution in [-0.2, 0) is 0 Å². The van der Waals surface area contributed by atoms with Crippen molar-refractivity contribution in [1.29, 1.82) is 0 Å². The molecule has 0 fully saturated rings. The van der Waals surface area contributed by atoms with Gasteiger partial charge in [0.1, 0.15) is 0 Å². The van der Waals surface area contributed by atoms with Gasteiger partial charge in [-0.15, -0.1) is 11.3 Å². The molecule has 3 aromatic rings. The maximum Gasteiger partial charge on any atom is 0.337 e. The van der Waals surface area contributed by atoms with E-state index in [1.54, 1.807) is 5.51 Å². The number of rotatable bonds is 2. The van der Waals surface area contributed by atoms with Crippen LogP contribution in [-0.4, -0.2) is 31.0 Å². The van der Waals surface area contributed by atoms with Gasteiger partial charge in [0.25, 0.3) is 0 Å². The normalized spacial score (nSPS) is 10.9. The van der Waals surface area contributed by atoms with Crippen LogP contribution in [0.3, 0.4) is 0 Å². The molecule has 0 aliphatic carbocycles. The van der Waals surface area contributed by atoms with E-state index in [0.717, 1.165) is 10.6 Å². The number of carboxylic acids is 1. The Morgan fingerprint density at radius 1 is 1.44 bits per heavy atom. The van der Waals surface area contributed by atoms with E-state index in [4.69, 9.17) is 5.11 Å². The van der Waals surface area contributed by atoms with Gasteiger partial charge in [-0.1, -0.05) is 0 Å². The van der Waals surface area contributed by atoms with Crippen LogP contribution in [0.1, 0.15) is 16.1 Å². The number of carbonyl (C=O) groups is 1. The number of carboxylic acid groups (broad SMARTS) is 1. The fourth-order valence-corrected chi connectivity index (χ4v) is 2.40. The summed E-state index contributed by atoms with van der Waals surface area (Å²) in [7, 11) is 0. The molecule has 0 radical (unpaired) electrons. The second-order valence-corrected chi connectivity index (χ2v) is 4.61. The van der Waals surface area contributed by atoms with Crippen LogP contribution in [0.25, 0.3) is 21.9 Å². The predicted molar refractivity (Wildman–Crippen MR) is 66.7 cm³/mol. The van der Waals surface area contributed by atoms with Crippen molar-refractivity contribution < 1.29 is 9.90 Å². The Balaban J connectivity index is 2.17. The quantitative estimate of drug-likeness (QED) is 0.736. The van der Waals surface area contributed by atoms with Crippen LogP contribution in [0.4, 0.5) is 0 Å². The molecule has 3 rings (SSSR count). The monoisotopic (exact) mass is 260 g/mol. The smallest absolute Gasteiger partial charge is 0.337 e. The minimum atomic E-state index is -1.01. The molecule has 0 aliphatic heterocycles. The molecule has 7 heteroatoms. The Hall–Kier alpha value is -2.28. The number of imidazole rings is 1. The first-order valence-electron chi connectivity index (χ1n) is 5.14. The molecule has 0 saturated carbocycles. The first-order chi connectivity index (χ1) is 8.65. The standard InChI is InChI=1S/C11H8N4O2S/c1-5-8(18-4-13-5)10-14-7-2-6(11(16)17)3-12-9(7)15-10/h2-4H,1H3,(H,16,17)(H,12,14,15). The summed E-state index contributed by atoms with van der Waals surface area (Å²) in [5.41, 5.74) is 3.88. The molecule has 90 valence electrons. The molecule has 0 atom stereocenters. The van der Waals surface area contributed by atoms with E-state index >= 15 is 0 Å². The van der Waals surface area contributed by atoms with Gasteiger partial charge in [0.15, 0.2) is 11.5 Å². The summed E-state index contributed by atoms with van der Waals surface area (Å²) in [5, 5.41) is 8.90. The molecule has 2 N–H and O–H groups in total. The Bertz CT molecular complexity index is 746. The second kappa shape index (κ2) is 3.88. The summed E-state index contributed by atoms with van der Waals surface area (Å²) in [6, 6.07) is 1.53. The maximum atomic E-state index is 10.9. The number of nitrogens with one attached hydrogen (secondary N) is 1. The predicted octanol–water partition coefficient (Wildman–Crippen LogP) is 2.09. The Morgan fingerprint density at radius 3 is 2.94 bits per heavy atom. The Labute approximate surface area is 105 Å². The van der Waals surface area contributed by atoms with Gasteiger partial charge < -0.3 is 10.1 Å². The number of pyridine rings is 1. The minimum absolute atomic E-state index is 0.138. The zero-order chi connectivity index (χ0) is 12.7. The van der Waals surface area contributed by atoms with E-state index in [1.807, 2.05) is 6.92 Å². The van der Waals surface area contributed by atoms with E-state index < -0.39 is 5.97 Å². The topological polar surface area (TPSA) is 91.8 Å². The third-order valence-electron chi connectivity index (χ3n) is 2.54. The van der Waals surface area contributed by atoms with Crippen LogP contribution < -0.4 is 0 Å². The first-order valence-corrected chi connectivity index (χ1v) is 6.02. The molecule has 6 nitrogen and oxygen atoms in total. The number of hydrogen-bond donors (Lipinski definition) is 2. The second-order valence-electron chi connectivity index (χ2n) is 3.75. The SMILES string of the molecule is Cc1ncsc1-c1nc2ncc(C(=O)O)cc2[nH]1. The van der Waals surface area contributed by atoms with E-state index in [1.165, 1.54) is 23.6 Å². The zero-order valence-electron chi connectivity index (χ0n) is 9.34. The molecule has 0 aliphatic rings. The van der Waals surface area contributed by atoms with Gasteiger partial charge in [-0.25, -0.2) is 19.7 Å². The average molecular weight is 260 g/mol. The molecule has 3 heterocycles. The highest BCUT2D eigenvalue weighted by Gasteiger charge is 2.12. The number of H-pyrrole nitrogens is 1. The van der Waals surface area contributed by atoms with Crippen LogP contribution in [0.2, 0.25) is 0 Å². The Morgan fingerprint density at radius 2 is 2.28 bits per heavy atom. The molecule has 3 aromatic heterocycles. The fourth-order valence-electron chi connectivity index (χ4n) is 1.65. The molecular formula is C11H8N4O2S. The number of fused-ring (bicyclic) bond motifs is 1. The summed E-state index contributed by atoms with van der Waals surface area (Å²) >= 11 is 1.48. The van der Waals surface area contributed by atoms with Crippen LogP contribution in [0.5, 0.6) is 0 Å². The lowest BCUT2D eigenvalue weighted by Crippen LogP contribution is -1.96. The number of aromatic amines is 1. The maximum absolute atomic E-state index is 10.9. The molecular weight excluding hydrogens is 252 g/mol. The van der Waals surface area contributed by atoms with Gasteiger partial charge in [0, 0.05) is 6.20 Å². The lowest BCUT2D eigenvalue weighted by atomic mass is 10.3. The lowest BCUT2D eigenvalue weighted by molar-refractivity contribution is 0.0696. The van der Waals surface area contributed by atoms with E-state index in [0.29, 0.717) is 17.0 Å². The van der Waals surface area contributed by atoms with Crippen LogP contribution in [0, 0.1) is 6.92 Å². The van der Waals surface area contributed by atoms with E-state index in [9.17, 15) is 4.79 Å². The van der Waals surface area contributed by atoms with Gasteiger partial charge in [-0.2, -0.15) is 0 Å². The van der Waals surface area contributed by atoms with Crippen molar-refractivity contribution in [3.63, 3.8) is 0 Å². The molecule has 18 heavy (non-hydrogen) atoms. The van der Waals surface area contributed by atoms with Gasteiger partial charge in [-0.3, -0.25) is 0 Å². The summed E-state index contributed by atoms with van der Waals surface area (Å²) in [6.07, 6.45) is 1.30. The number of aromatic nitrogens is 4. The Kier molecular flexibility index (Phi) is 2.34. The highest BCUT2D eigenvalue weighted by atomic mass is 32.1. The minimum Gasteiger partial charge on any atom is -0.478 e. The lowest BCUT2D eigenvalue weighted by Gasteiger charge is -1.91. The molecule has 0 aromatic carbocycles. The summed E-state index contributed by atoms with van der Waals surface area (Å²) in [4.78, 5) is 27.4. The van der Waals surface area contributed by atoms with Crippen LogP contribution in [0.15, 0.2) is 17.8 Å². The van der Waals surface area contributed by atoms with Gasteiger partial charge >= 0.3 is 5.97 Å². The number of aryl methyl sites for hydroxylation is 1. The van der Waals surface area contributed by atoms with Gasteiger partial charge in [0.2, 0.25) is 0 Å². The van der Waals surface area contributed by atoms with Crippen molar-refractivity contribution in [2.24, 2.45) is 0 Å². The summed E-state index contributed by atoms with van der Waals surface area (Å²) in [5.74, 6) is -0.338. The van der Waals surface area contributed by atoms with Crippen molar-refractivity contribution in [3.05, 3.63) is 29.0 Å². The fraction of sp³-hybridized carbons (Fsp3) is 0.0909. The largest absolute Gasteiger partial charge is 0.478 e. The average Bonchev–Trinajstić information content (AvgIpc) is 2.92. The number of hydrogen-bond acceptors (Lipinski definition) is 5. The molecule has 0 spiro atoms. The van der Waals surface area contributed by atoms with Crippen molar-refractivity contribution in [3.8, 4) is 10.7 Å². The van der Waals surface area contributed by atoms with Crippen LogP contribution >= 0.6 is 11.3 Å². The van der Waals surface area contributed by atoms with Crippen molar-refractivity contribution in [1.82, 2.24) is 19.9 Å². The van der Waals surface area contributed by atoms with E-state index in [-0.39, 0.29) is 5.56 Å². The highest BCUT2D eigenvalue weighted by Crippen LogP contribution is 2.26. The van der Waals surface area contributed by atoms with Crippen molar-refractivity contribution in [2.75, 3.05) is 0 Å². The van der Waals surface area contributed by atoms with Crippen molar-refractivity contribution in [2.45, 2.75) is 6.92 Å². The first kappa shape index (κ1) is 10.8. The number of nitrogens with zero attached hydrogens (tertiary/aromatic N) is 3. The van der Waals surface area contributed by atoms with Crippen molar-refractivity contribution >= 4 is 28.5 Å². The molecule has 0 bridgehead atoms. The summed E-state index contributed by atoms with van der Waals surface area (Å²) < 4.78 is 0. The molecule has 0 unspecified atom stereocenters. The molecule has 0 saturated heterocycles. The van der Waals surface area contributed by atoms with Gasteiger partial charge in [-0.05, 0) is 13.0 Å². The number of thiazole rings is 1. The molecule has 0 amide bonds. The zero-order valence-corrected chi connectivity index (χ0v) is 10.2. The third-order valence-corrected chi connectivity index (χ3v) is 3.48. The highest BCUT2D eigenvalue weighted by molar-refractivity contribution is 7.13. The number of aromatic carboxylic acids is 1. The van der Waals surface area contributed by atoms with Gasteiger partial charge in [0.05, 0.1) is 27.2 Å². The third kappa shape index (κ3) is 1.65. The van der Waals surface area contributed by atoms with E-state index in [2.05, 4.69) is 19.9 Å².